The number of esters is 1. The van der Waals surface area contributed by atoms with Gasteiger partial charge in [0.25, 0.3) is 5.91 Å². The Hall–Kier alpha value is -2.63. The van der Waals surface area contributed by atoms with E-state index in [1.54, 1.807) is 31.2 Å². The Kier molecular flexibility index (Phi) is 5.63. The van der Waals surface area contributed by atoms with Crippen molar-refractivity contribution in [2.75, 3.05) is 11.9 Å². The Labute approximate surface area is 166 Å². The molecule has 1 aromatic heterocycles. The molecule has 0 aliphatic rings. The zero-order valence-electron chi connectivity index (χ0n) is 14.7. The third-order valence-electron chi connectivity index (χ3n) is 4.14. The number of anilines is 1. The maximum atomic E-state index is 12.6. The van der Waals surface area contributed by atoms with Crippen molar-refractivity contribution >= 4 is 51.7 Å². The van der Waals surface area contributed by atoms with Crippen molar-refractivity contribution in [1.82, 2.24) is 4.98 Å². The summed E-state index contributed by atoms with van der Waals surface area (Å²) in [7, 11) is 0. The minimum Gasteiger partial charge on any atom is -0.452 e. The normalized spacial score (nSPS) is 10.7. The van der Waals surface area contributed by atoms with Crippen LogP contribution >= 0.6 is 23.2 Å². The Balaban J connectivity index is 1.78. The van der Waals surface area contributed by atoms with Gasteiger partial charge in [-0.15, -0.1) is 0 Å². The van der Waals surface area contributed by atoms with Crippen LogP contribution in [0, 0.1) is 13.8 Å². The van der Waals surface area contributed by atoms with Crippen LogP contribution in [-0.4, -0.2) is 23.5 Å². The number of pyridine rings is 1. The summed E-state index contributed by atoms with van der Waals surface area (Å²) in [6.07, 6.45) is 0. The van der Waals surface area contributed by atoms with E-state index in [2.05, 4.69) is 10.3 Å². The Morgan fingerprint density at radius 2 is 1.70 bits per heavy atom. The molecule has 27 heavy (non-hydrogen) atoms. The molecule has 0 spiro atoms. The first kappa shape index (κ1) is 19.1. The molecule has 0 aliphatic heterocycles. The number of carbonyl (C=O) groups is 2. The highest BCUT2D eigenvalue weighted by Crippen LogP contribution is 2.29. The minimum atomic E-state index is -0.588. The molecule has 7 heteroatoms. The number of amides is 1. The zero-order chi connectivity index (χ0) is 19.6. The summed E-state index contributed by atoms with van der Waals surface area (Å²) in [5, 5.41) is 3.84. The van der Waals surface area contributed by atoms with Gasteiger partial charge in [-0.2, -0.15) is 0 Å². The first-order valence-electron chi connectivity index (χ1n) is 8.15. The number of para-hydroxylation sites is 2. The maximum absolute atomic E-state index is 12.6. The summed E-state index contributed by atoms with van der Waals surface area (Å²) >= 11 is 12.0. The van der Waals surface area contributed by atoms with E-state index in [1.165, 1.54) is 0 Å². The van der Waals surface area contributed by atoms with Crippen molar-refractivity contribution in [2.24, 2.45) is 0 Å². The maximum Gasteiger partial charge on any atom is 0.339 e. The highest BCUT2D eigenvalue weighted by molar-refractivity contribution is 6.39. The summed E-state index contributed by atoms with van der Waals surface area (Å²) in [5.74, 6) is -1.12. The van der Waals surface area contributed by atoms with Gasteiger partial charge in [-0.25, -0.2) is 4.79 Å². The molecule has 0 aliphatic carbocycles. The van der Waals surface area contributed by atoms with Crippen LogP contribution in [0.25, 0.3) is 10.9 Å². The van der Waals surface area contributed by atoms with Crippen LogP contribution in [0.5, 0.6) is 0 Å². The molecule has 0 bridgehead atoms. The van der Waals surface area contributed by atoms with Gasteiger partial charge in [0.1, 0.15) is 0 Å². The minimum absolute atomic E-state index is 0.281. The van der Waals surface area contributed by atoms with Crippen LogP contribution in [0.3, 0.4) is 0 Å². The van der Waals surface area contributed by atoms with E-state index in [9.17, 15) is 9.59 Å². The van der Waals surface area contributed by atoms with E-state index >= 15 is 0 Å². The van der Waals surface area contributed by atoms with E-state index in [0.717, 1.165) is 5.69 Å². The molecule has 0 saturated carbocycles. The zero-order valence-corrected chi connectivity index (χ0v) is 16.2. The summed E-state index contributed by atoms with van der Waals surface area (Å²) in [6.45, 7) is 3.16. The first-order chi connectivity index (χ1) is 12.9. The number of benzene rings is 2. The van der Waals surface area contributed by atoms with Crippen molar-refractivity contribution in [3.05, 3.63) is 69.3 Å². The number of carbonyl (C=O) groups excluding carboxylic acids is 2. The summed E-state index contributed by atoms with van der Waals surface area (Å²) in [4.78, 5) is 29.3. The number of nitrogens with one attached hydrogen (secondary N) is 1. The molecule has 1 N–H and O–H groups in total. The van der Waals surface area contributed by atoms with E-state index in [1.807, 2.05) is 25.1 Å². The summed E-state index contributed by atoms with van der Waals surface area (Å²) in [6, 6.07) is 12.2. The second-order valence-corrected chi connectivity index (χ2v) is 6.75. The third kappa shape index (κ3) is 4.04. The van der Waals surface area contributed by atoms with Gasteiger partial charge in [-0.05, 0) is 37.6 Å². The molecule has 3 aromatic rings. The molecule has 5 nitrogen and oxygen atoms in total. The Morgan fingerprint density at radius 1 is 1.04 bits per heavy atom. The van der Waals surface area contributed by atoms with Crippen molar-refractivity contribution in [3.8, 4) is 0 Å². The number of hydrogen-bond donors (Lipinski definition) is 1. The van der Waals surface area contributed by atoms with Crippen LogP contribution in [0.2, 0.25) is 10.0 Å². The van der Waals surface area contributed by atoms with Gasteiger partial charge in [-0.3, -0.25) is 9.78 Å². The topological polar surface area (TPSA) is 68.3 Å². The quantitative estimate of drug-likeness (QED) is 0.626. The van der Waals surface area contributed by atoms with Crippen LogP contribution in [0.4, 0.5) is 5.69 Å². The lowest BCUT2D eigenvalue weighted by Gasteiger charge is -2.13. The molecular weight excluding hydrogens is 387 g/mol. The van der Waals surface area contributed by atoms with Crippen molar-refractivity contribution < 1.29 is 14.3 Å². The van der Waals surface area contributed by atoms with Gasteiger partial charge in [-0.1, -0.05) is 47.5 Å². The predicted octanol–water partition coefficient (Wildman–Crippen LogP) is 4.95. The number of fused-ring (bicyclic) bond motifs is 1. The number of ether oxygens (including phenoxy) is 1. The Bertz CT molecular complexity index is 1030. The van der Waals surface area contributed by atoms with Crippen LogP contribution in [0.15, 0.2) is 42.5 Å². The fourth-order valence-corrected chi connectivity index (χ4v) is 3.18. The monoisotopic (exact) mass is 402 g/mol. The number of hydrogen-bond acceptors (Lipinski definition) is 4. The van der Waals surface area contributed by atoms with Crippen LogP contribution < -0.4 is 5.32 Å². The lowest BCUT2D eigenvalue weighted by atomic mass is 10.0. The largest absolute Gasteiger partial charge is 0.452 e. The lowest BCUT2D eigenvalue weighted by Crippen LogP contribution is -2.22. The first-order valence-corrected chi connectivity index (χ1v) is 8.91. The van der Waals surface area contributed by atoms with Gasteiger partial charge in [0, 0.05) is 11.1 Å². The SMILES string of the molecule is Cc1nc2ccccc2c(C(=O)OCC(=O)Nc2c(Cl)cccc2Cl)c1C. The fraction of sp³-hybridized carbons (Fsp3) is 0.150. The smallest absolute Gasteiger partial charge is 0.339 e. The third-order valence-corrected chi connectivity index (χ3v) is 4.77. The number of nitrogens with zero attached hydrogens (tertiary/aromatic N) is 1. The van der Waals surface area contributed by atoms with Crippen molar-refractivity contribution in [3.63, 3.8) is 0 Å². The van der Waals surface area contributed by atoms with Gasteiger partial charge >= 0.3 is 5.97 Å². The molecule has 3 rings (SSSR count). The van der Waals surface area contributed by atoms with Gasteiger partial charge in [0.05, 0.1) is 26.8 Å². The molecule has 0 atom stereocenters. The molecule has 138 valence electrons. The molecule has 0 saturated heterocycles. The summed E-state index contributed by atoms with van der Waals surface area (Å²) in [5.41, 5.74) is 2.83. The average Bonchev–Trinajstić information content (AvgIpc) is 2.64. The molecule has 2 aromatic carbocycles. The van der Waals surface area contributed by atoms with E-state index in [-0.39, 0.29) is 5.69 Å². The molecule has 1 heterocycles. The van der Waals surface area contributed by atoms with E-state index in [0.29, 0.717) is 32.1 Å². The molecule has 0 unspecified atom stereocenters. The highest BCUT2D eigenvalue weighted by atomic mass is 35.5. The van der Waals surface area contributed by atoms with Crippen LogP contribution in [-0.2, 0) is 9.53 Å². The van der Waals surface area contributed by atoms with Crippen molar-refractivity contribution in [1.29, 1.82) is 0 Å². The number of rotatable bonds is 4. The number of halogens is 2. The second kappa shape index (κ2) is 7.94. The number of aryl methyl sites for hydroxylation is 1. The molecular formula is C20H16Cl2N2O3. The molecule has 1 amide bonds. The predicted molar refractivity (Wildman–Crippen MR) is 107 cm³/mol. The van der Waals surface area contributed by atoms with Gasteiger partial charge in [0.2, 0.25) is 0 Å². The number of aromatic nitrogens is 1. The lowest BCUT2D eigenvalue weighted by molar-refractivity contribution is -0.119. The van der Waals surface area contributed by atoms with Gasteiger partial charge < -0.3 is 10.1 Å². The summed E-state index contributed by atoms with van der Waals surface area (Å²) < 4.78 is 5.22. The second-order valence-electron chi connectivity index (χ2n) is 5.94. The average molecular weight is 403 g/mol. The highest BCUT2D eigenvalue weighted by Gasteiger charge is 2.19. The van der Waals surface area contributed by atoms with Crippen LogP contribution in [0.1, 0.15) is 21.6 Å². The van der Waals surface area contributed by atoms with Crippen molar-refractivity contribution in [2.45, 2.75) is 13.8 Å². The standard InChI is InChI=1S/C20H16Cl2N2O3/c1-11-12(2)23-16-9-4-3-6-13(16)18(11)20(26)27-10-17(25)24-19-14(21)7-5-8-15(19)22/h3-9H,10H2,1-2H3,(H,24,25). The molecule has 0 fully saturated rings. The molecule has 0 radical (unpaired) electrons. The van der Waals surface area contributed by atoms with Gasteiger partial charge in [0.15, 0.2) is 6.61 Å². The van der Waals surface area contributed by atoms with E-state index < -0.39 is 18.5 Å². The van der Waals surface area contributed by atoms with E-state index in [4.69, 9.17) is 27.9 Å². The fourth-order valence-electron chi connectivity index (χ4n) is 2.69. The Morgan fingerprint density at radius 3 is 2.41 bits per heavy atom.